The summed E-state index contributed by atoms with van der Waals surface area (Å²) in [7, 11) is 0. The van der Waals surface area contributed by atoms with Gasteiger partial charge in [-0.1, -0.05) is 129 Å². The first-order valence-electron chi connectivity index (χ1n) is 14.9. The van der Waals surface area contributed by atoms with E-state index in [0.29, 0.717) is 17.9 Å². The average Bonchev–Trinajstić information content (AvgIpc) is 2.88. The quantitative estimate of drug-likeness (QED) is 0.131. The van der Waals surface area contributed by atoms with Crippen molar-refractivity contribution >= 4 is 11.9 Å². The normalized spacial score (nSPS) is 10.9. The third-order valence-electron chi connectivity index (χ3n) is 6.79. The lowest BCUT2D eigenvalue weighted by Crippen LogP contribution is -2.24. The number of benzene rings is 1. The minimum atomic E-state index is -1.02. The van der Waals surface area contributed by atoms with Crippen LogP contribution in [0.25, 0.3) is 0 Å². The second-order valence-electron chi connectivity index (χ2n) is 10.2. The number of amides is 1. The SMILES string of the molecule is CCCCCCCCCCCCCCCCCCCCCCNC(=O)c1ccc(OCC(=O)O)cc1. The Bertz CT molecular complexity index is 659. The zero-order chi connectivity index (χ0) is 26.1. The number of carboxylic acid groups (broad SMARTS) is 1. The lowest BCUT2D eigenvalue weighted by molar-refractivity contribution is -0.139. The molecule has 206 valence electrons. The molecule has 0 aliphatic carbocycles. The van der Waals surface area contributed by atoms with Crippen molar-refractivity contribution in [1.82, 2.24) is 5.32 Å². The van der Waals surface area contributed by atoms with Crippen molar-refractivity contribution in [2.24, 2.45) is 0 Å². The van der Waals surface area contributed by atoms with Gasteiger partial charge in [-0.05, 0) is 30.7 Å². The van der Waals surface area contributed by atoms with E-state index in [4.69, 9.17) is 9.84 Å². The molecule has 0 radical (unpaired) electrons. The Hall–Kier alpha value is -2.04. The van der Waals surface area contributed by atoms with Crippen molar-refractivity contribution in [2.75, 3.05) is 13.2 Å². The van der Waals surface area contributed by atoms with Gasteiger partial charge >= 0.3 is 5.97 Å². The first kappa shape index (κ1) is 32.0. The Morgan fingerprint density at radius 3 is 1.42 bits per heavy atom. The molecule has 5 heteroatoms. The van der Waals surface area contributed by atoms with Crippen LogP contribution in [0.4, 0.5) is 0 Å². The van der Waals surface area contributed by atoms with Crippen molar-refractivity contribution < 1.29 is 19.4 Å². The molecule has 0 saturated carbocycles. The topological polar surface area (TPSA) is 75.6 Å². The Balaban J connectivity index is 1.81. The number of nitrogens with one attached hydrogen (secondary N) is 1. The van der Waals surface area contributed by atoms with Crippen LogP contribution in [-0.2, 0) is 4.79 Å². The number of carboxylic acids is 1. The smallest absolute Gasteiger partial charge is 0.341 e. The zero-order valence-corrected chi connectivity index (χ0v) is 23.0. The molecule has 0 aromatic heterocycles. The molecule has 36 heavy (non-hydrogen) atoms. The summed E-state index contributed by atoms with van der Waals surface area (Å²) in [5.74, 6) is -0.674. The molecular formula is C31H53NO4. The van der Waals surface area contributed by atoms with E-state index in [2.05, 4.69) is 12.2 Å². The van der Waals surface area contributed by atoms with Crippen LogP contribution in [0.3, 0.4) is 0 Å². The molecule has 0 fully saturated rings. The summed E-state index contributed by atoms with van der Waals surface area (Å²) in [6.07, 6.45) is 27.3. The molecule has 0 atom stereocenters. The summed E-state index contributed by atoms with van der Waals surface area (Å²) < 4.78 is 5.08. The third-order valence-corrected chi connectivity index (χ3v) is 6.79. The van der Waals surface area contributed by atoms with Gasteiger partial charge in [-0.25, -0.2) is 4.79 Å². The van der Waals surface area contributed by atoms with Crippen molar-refractivity contribution in [1.29, 1.82) is 0 Å². The minimum absolute atomic E-state index is 0.0995. The number of hydrogen-bond donors (Lipinski definition) is 2. The van der Waals surface area contributed by atoms with E-state index >= 15 is 0 Å². The summed E-state index contributed by atoms with van der Waals surface area (Å²) in [5.41, 5.74) is 0.561. The lowest BCUT2D eigenvalue weighted by Gasteiger charge is -2.07. The first-order chi connectivity index (χ1) is 17.6. The molecular weight excluding hydrogens is 450 g/mol. The number of rotatable bonds is 25. The van der Waals surface area contributed by atoms with Gasteiger partial charge in [-0.15, -0.1) is 0 Å². The van der Waals surface area contributed by atoms with Crippen molar-refractivity contribution in [3.8, 4) is 5.75 Å². The Morgan fingerprint density at radius 2 is 1.03 bits per heavy atom. The van der Waals surface area contributed by atoms with Crippen LogP contribution >= 0.6 is 0 Å². The van der Waals surface area contributed by atoms with Crippen LogP contribution in [0.1, 0.15) is 146 Å². The van der Waals surface area contributed by atoms with Gasteiger partial charge in [-0.3, -0.25) is 4.79 Å². The van der Waals surface area contributed by atoms with E-state index in [-0.39, 0.29) is 12.5 Å². The Labute approximate surface area is 220 Å². The highest BCUT2D eigenvalue weighted by molar-refractivity contribution is 5.94. The van der Waals surface area contributed by atoms with Crippen LogP contribution in [0.5, 0.6) is 5.75 Å². The monoisotopic (exact) mass is 503 g/mol. The summed E-state index contributed by atoms with van der Waals surface area (Å²) in [6, 6.07) is 6.55. The molecule has 0 aliphatic heterocycles. The molecule has 1 amide bonds. The predicted molar refractivity (Wildman–Crippen MR) is 150 cm³/mol. The highest BCUT2D eigenvalue weighted by Crippen LogP contribution is 2.15. The maximum Gasteiger partial charge on any atom is 0.341 e. The van der Waals surface area contributed by atoms with Crippen molar-refractivity contribution in [2.45, 2.75) is 135 Å². The molecule has 0 aliphatic rings. The van der Waals surface area contributed by atoms with Gasteiger partial charge in [0.05, 0.1) is 0 Å². The van der Waals surface area contributed by atoms with Crippen molar-refractivity contribution in [3.63, 3.8) is 0 Å². The maximum absolute atomic E-state index is 12.2. The number of aliphatic carboxylic acids is 1. The maximum atomic E-state index is 12.2. The number of carbonyl (C=O) groups excluding carboxylic acids is 1. The van der Waals surface area contributed by atoms with E-state index in [0.717, 1.165) is 12.8 Å². The molecule has 0 bridgehead atoms. The second-order valence-corrected chi connectivity index (χ2v) is 10.2. The summed E-state index contributed by atoms with van der Waals surface area (Å²) in [5, 5.41) is 11.6. The number of hydrogen-bond acceptors (Lipinski definition) is 3. The van der Waals surface area contributed by atoms with Crippen molar-refractivity contribution in [3.05, 3.63) is 29.8 Å². The van der Waals surface area contributed by atoms with Gasteiger partial charge < -0.3 is 15.2 Å². The Kier molecular flexibility index (Phi) is 20.8. The summed E-state index contributed by atoms with van der Waals surface area (Å²) in [4.78, 5) is 22.7. The molecule has 1 aromatic carbocycles. The number of carbonyl (C=O) groups is 2. The molecule has 0 heterocycles. The highest BCUT2D eigenvalue weighted by Gasteiger charge is 2.06. The van der Waals surface area contributed by atoms with Crippen LogP contribution < -0.4 is 10.1 Å². The average molecular weight is 504 g/mol. The molecule has 0 spiro atoms. The largest absolute Gasteiger partial charge is 0.482 e. The van der Waals surface area contributed by atoms with E-state index < -0.39 is 5.97 Å². The molecule has 2 N–H and O–H groups in total. The van der Waals surface area contributed by atoms with Gasteiger partial charge in [-0.2, -0.15) is 0 Å². The summed E-state index contributed by atoms with van der Waals surface area (Å²) in [6.45, 7) is 2.59. The van der Waals surface area contributed by atoms with Gasteiger partial charge in [0.2, 0.25) is 0 Å². The van der Waals surface area contributed by atoms with Crippen LogP contribution in [0.15, 0.2) is 24.3 Å². The van der Waals surface area contributed by atoms with E-state index in [1.54, 1.807) is 24.3 Å². The summed E-state index contributed by atoms with van der Waals surface area (Å²) >= 11 is 0. The Morgan fingerprint density at radius 1 is 0.639 bits per heavy atom. The zero-order valence-electron chi connectivity index (χ0n) is 23.0. The van der Waals surface area contributed by atoms with Gasteiger partial charge in [0, 0.05) is 12.1 Å². The van der Waals surface area contributed by atoms with Crippen LogP contribution in [-0.4, -0.2) is 30.1 Å². The lowest BCUT2D eigenvalue weighted by atomic mass is 10.0. The van der Waals surface area contributed by atoms with E-state index in [9.17, 15) is 9.59 Å². The third kappa shape index (κ3) is 19.2. The highest BCUT2D eigenvalue weighted by atomic mass is 16.5. The molecule has 1 rings (SSSR count). The fraction of sp³-hybridized carbons (Fsp3) is 0.742. The van der Waals surface area contributed by atoms with Gasteiger partial charge in [0.1, 0.15) is 5.75 Å². The fourth-order valence-electron chi connectivity index (χ4n) is 4.53. The van der Waals surface area contributed by atoms with E-state index in [1.165, 1.54) is 116 Å². The molecule has 1 aromatic rings. The standard InChI is InChI=1S/C31H53NO4/c1-2-3-4-5-6-7-8-9-10-11-12-13-14-15-16-17-18-19-20-21-26-32-31(35)28-22-24-29(25-23-28)36-27-30(33)34/h22-25H,2-21,26-27H2,1H3,(H,32,35)(H,33,34). The molecule has 5 nitrogen and oxygen atoms in total. The second kappa shape index (κ2) is 23.4. The predicted octanol–water partition coefficient (Wildman–Crippen LogP) is 8.70. The van der Waals surface area contributed by atoms with Gasteiger partial charge in [0.15, 0.2) is 6.61 Å². The van der Waals surface area contributed by atoms with E-state index in [1.807, 2.05) is 0 Å². The van der Waals surface area contributed by atoms with Gasteiger partial charge in [0.25, 0.3) is 5.91 Å². The van der Waals surface area contributed by atoms with Crippen LogP contribution in [0.2, 0.25) is 0 Å². The fourth-order valence-corrected chi connectivity index (χ4v) is 4.53. The number of unbranched alkanes of at least 4 members (excludes halogenated alkanes) is 19. The first-order valence-corrected chi connectivity index (χ1v) is 14.9. The molecule has 0 unspecified atom stereocenters. The van der Waals surface area contributed by atoms with Crippen LogP contribution in [0, 0.1) is 0 Å². The number of ether oxygens (including phenoxy) is 1. The minimum Gasteiger partial charge on any atom is -0.482 e. The molecule has 0 saturated heterocycles.